The molecule has 3 nitrogen and oxygen atoms in total. The van der Waals surface area contributed by atoms with E-state index in [1.807, 2.05) is 12.1 Å². The third kappa shape index (κ3) is 4.74. The molecule has 1 aliphatic heterocycles. The molecule has 4 heteroatoms. The first-order valence-corrected chi connectivity index (χ1v) is 7.25. The lowest BCUT2D eigenvalue weighted by Crippen LogP contribution is -2.26. The molecule has 2 rings (SSSR count). The number of thioether (sulfide) groups is 1. The Hall–Kier alpha value is -0.450. The number of hydrogen-bond acceptors (Lipinski definition) is 4. The van der Waals surface area contributed by atoms with Crippen LogP contribution in [-0.4, -0.2) is 30.3 Å². The van der Waals surface area contributed by atoms with Crippen LogP contribution in [0.15, 0.2) is 22.8 Å². The fourth-order valence-electron chi connectivity index (χ4n) is 2.00. The first kappa shape index (κ1) is 13.0. The molecule has 2 heterocycles. The van der Waals surface area contributed by atoms with E-state index in [1.54, 1.807) is 6.26 Å². The van der Waals surface area contributed by atoms with Crippen molar-refractivity contribution in [2.75, 3.05) is 19.8 Å². The molecule has 1 unspecified atom stereocenters. The van der Waals surface area contributed by atoms with Gasteiger partial charge in [-0.2, -0.15) is 11.8 Å². The molecule has 1 N–H and O–H groups in total. The van der Waals surface area contributed by atoms with E-state index in [0.29, 0.717) is 5.25 Å². The molecule has 1 saturated heterocycles. The predicted molar refractivity (Wildman–Crippen MR) is 71.3 cm³/mol. The van der Waals surface area contributed by atoms with Crippen LogP contribution in [0.4, 0.5) is 0 Å². The zero-order chi connectivity index (χ0) is 11.9. The number of rotatable bonds is 6. The quantitative estimate of drug-likeness (QED) is 0.847. The van der Waals surface area contributed by atoms with E-state index < -0.39 is 0 Å². The Morgan fingerprint density at radius 3 is 3.00 bits per heavy atom. The van der Waals surface area contributed by atoms with Crippen molar-refractivity contribution >= 4 is 11.8 Å². The van der Waals surface area contributed by atoms with E-state index in [0.717, 1.165) is 37.3 Å². The Kier molecular flexibility index (Phi) is 5.42. The lowest BCUT2D eigenvalue weighted by molar-refractivity contribution is 0.0999. The average Bonchev–Trinajstić information content (AvgIpc) is 2.83. The third-order valence-electron chi connectivity index (χ3n) is 2.90. The second-order valence-electron chi connectivity index (χ2n) is 4.47. The number of furan rings is 1. The van der Waals surface area contributed by atoms with Crippen LogP contribution in [-0.2, 0) is 11.3 Å². The summed E-state index contributed by atoms with van der Waals surface area (Å²) in [5.74, 6) is 1.01. The van der Waals surface area contributed by atoms with E-state index in [4.69, 9.17) is 9.15 Å². The van der Waals surface area contributed by atoms with Gasteiger partial charge in [0, 0.05) is 30.3 Å². The molecule has 1 aromatic heterocycles. The first-order valence-electron chi connectivity index (χ1n) is 6.31. The molecular weight excluding hydrogens is 234 g/mol. The fraction of sp³-hybridized carbons (Fsp3) is 0.692. The van der Waals surface area contributed by atoms with Crippen molar-refractivity contribution in [3.05, 3.63) is 24.2 Å². The lowest BCUT2D eigenvalue weighted by atomic mass is 10.2. The topological polar surface area (TPSA) is 34.4 Å². The van der Waals surface area contributed by atoms with Gasteiger partial charge in [-0.1, -0.05) is 6.92 Å². The van der Waals surface area contributed by atoms with E-state index in [9.17, 15) is 0 Å². The average molecular weight is 255 g/mol. The van der Waals surface area contributed by atoms with Gasteiger partial charge in [0.2, 0.25) is 0 Å². The maximum Gasteiger partial charge on any atom is 0.117 e. The van der Waals surface area contributed by atoms with Gasteiger partial charge in [0.1, 0.15) is 5.76 Å². The van der Waals surface area contributed by atoms with E-state index in [2.05, 4.69) is 24.0 Å². The molecular formula is C13H21NO2S. The largest absolute Gasteiger partial charge is 0.468 e. The highest BCUT2D eigenvalue weighted by molar-refractivity contribution is 8.00. The molecule has 1 fully saturated rings. The summed E-state index contributed by atoms with van der Waals surface area (Å²) in [4.78, 5) is 0. The highest BCUT2D eigenvalue weighted by atomic mass is 32.2. The van der Waals surface area contributed by atoms with Gasteiger partial charge in [-0.25, -0.2) is 0 Å². The second kappa shape index (κ2) is 7.09. The van der Waals surface area contributed by atoms with E-state index in [-0.39, 0.29) is 0 Å². The highest BCUT2D eigenvalue weighted by Crippen LogP contribution is 2.25. The Morgan fingerprint density at radius 2 is 2.29 bits per heavy atom. The maximum absolute atomic E-state index is 5.37. The summed E-state index contributed by atoms with van der Waals surface area (Å²) in [7, 11) is 0. The van der Waals surface area contributed by atoms with Crippen molar-refractivity contribution in [1.29, 1.82) is 0 Å². The molecule has 0 aromatic carbocycles. The number of nitrogens with one attached hydrogen (secondary N) is 1. The standard InChI is InChI=1S/C13H21NO2S/c1-11(17-13-4-7-15-8-5-13)9-14-10-12-3-2-6-16-12/h2-3,6,11,13-14H,4-5,7-10H2,1H3. The molecule has 0 aliphatic carbocycles. The first-order chi connectivity index (χ1) is 8.34. The van der Waals surface area contributed by atoms with Gasteiger partial charge in [0.25, 0.3) is 0 Å². The zero-order valence-corrected chi connectivity index (χ0v) is 11.2. The van der Waals surface area contributed by atoms with Crippen LogP contribution in [0, 0.1) is 0 Å². The minimum Gasteiger partial charge on any atom is -0.468 e. The molecule has 0 saturated carbocycles. The molecule has 1 aliphatic rings. The Balaban J connectivity index is 1.58. The van der Waals surface area contributed by atoms with Crippen LogP contribution in [0.2, 0.25) is 0 Å². The molecule has 0 spiro atoms. The third-order valence-corrected chi connectivity index (χ3v) is 4.39. The van der Waals surface area contributed by atoms with Gasteiger partial charge in [-0.3, -0.25) is 0 Å². The highest BCUT2D eigenvalue weighted by Gasteiger charge is 2.16. The molecule has 17 heavy (non-hydrogen) atoms. The molecule has 1 atom stereocenters. The summed E-state index contributed by atoms with van der Waals surface area (Å²) < 4.78 is 10.6. The van der Waals surface area contributed by atoms with Crippen molar-refractivity contribution in [3.63, 3.8) is 0 Å². The molecule has 0 radical (unpaired) electrons. The van der Waals surface area contributed by atoms with Gasteiger partial charge in [-0.05, 0) is 25.0 Å². The van der Waals surface area contributed by atoms with Crippen molar-refractivity contribution in [2.45, 2.75) is 36.8 Å². The molecule has 0 bridgehead atoms. The van der Waals surface area contributed by atoms with Crippen LogP contribution in [0.3, 0.4) is 0 Å². The van der Waals surface area contributed by atoms with Gasteiger partial charge >= 0.3 is 0 Å². The van der Waals surface area contributed by atoms with Gasteiger partial charge in [0.15, 0.2) is 0 Å². The smallest absolute Gasteiger partial charge is 0.117 e. The summed E-state index contributed by atoms with van der Waals surface area (Å²) in [5.41, 5.74) is 0. The van der Waals surface area contributed by atoms with Gasteiger partial charge in [-0.15, -0.1) is 0 Å². The summed E-state index contributed by atoms with van der Waals surface area (Å²) in [5, 5.41) is 4.86. The minimum absolute atomic E-state index is 0.646. The maximum atomic E-state index is 5.37. The van der Waals surface area contributed by atoms with Crippen LogP contribution in [0.25, 0.3) is 0 Å². The van der Waals surface area contributed by atoms with Crippen molar-refractivity contribution in [1.82, 2.24) is 5.32 Å². The zero-order valence-electron chi connectivity index (χ0n) is 10.4. The van der Waals surface area contributed by atoms with Gasteiger partial charge < -0.3 is 14.5 Å². The van der Waals surface area contributed by atoms with Gasteiger partial charge in [0.05, 0.1) is 12.8 Å². The van der Waals surface area contributed by atoms with E-state index in [1.165, 1.54) is 12.8 Å². The summed E-state index contributed by atoms with van der Waals surface area (Å²) in [6, 6.07) is 3.93. The second-order valence-corrected chi connectivity index (χ2v) is 6.21. The summed E-state index contributed by atoms with van der Waals surface area (Å²) >= 11 is 2.08. The summed E-state index contributed by atoms with van der Waals surface area (Å²) in [6.45, 7) is 6.01. The SMILES string of the molecule is CC(CNCc1ccco1)SC1CCOCC1. The normalized spacial score (nSPS) is 19.4. The minimum atomic E-state index is 0.646. The molecule has 0 amide bonds. The van der Waals surface area contributed by atoms with Crippen molar-refractivity contribution in [3.8, 4) is 0 Å². The number of hydrogen-bond donors (Lipinski definition) is 1. The monoisotopic (exact) mass is 255 g/mol. The fourth-order valence-corrected chi connectivity index (χ4v) is 3.34. The summed E-state index contributed by atoms with van der Waals surface area (Å²) in [6.07, 6.45) is 4.12. The van der Waals surface area contributed by atoms with Crippen molar-refractivity contribution < 1.29 is 9.15 Å². The predicted octanol–water partition coefficient (Wildman–Crippen LogP) is 2.67. The number of ether oxygens (including phenoxy) is 1. The Labute approximate surface area is 107 Å². The van der Waals surface area contributed by atoms with Crippen LogP contribution >= 0.6 is 11.8 Å². The molecule has 96 valence electrons. The Morgan fingerprint density at radius 1 is 1.47 bits per heavy atom. The Bertz CT molecular complexity index is 296. The van der Waals surface area contributed by atoms with Crippen LogP contribution < -0.4 is 5.32 Å². The van der Waals surface area contributed by atoms with E-state index >= 15 is 0 Å². The molecule has 1 aromatic rings. The lowest BCUT2D eigenvalue weighted by Gasteiger charge is -2.24. The van der Waals surface area contributed by atoms with Crippen LogP contribution in [0.5, 0.6) is 0 Å². The van der Waals surface area contributed by atoms with Crippen molar-refractivity contribution in [2.24, 2.45) is 0 Å². The van der Waals surface area contributed by atoms with Crippen LogP contribution in [0.1, 0.15) is 25.5 Å².